The second-order valence-electron chi connectivity index (χ2n) is 5.78. The first-order valence-corrected chi connectivity index (χ1v) is 8.31. The molecule has 2 N–H and O–H groups in total. The molecule has 1 aliphatic heterocycles. The van der Waals surface area contributed by atoms with Crippen LogP contribution in [-0.4, -0.2) is 52.9 Å². The van der Waals surface area contributed by atoms with Crippen LogP contribution >= 0.6 is 0 Å². The lowest BCUT2D eigenvalue weighted by atomic mass is 10.2. The highest BCUT2D eigenvalue weighted by Crippen LogP contribution is 2.29. The summed E-state index contributed by atoms with van der Waals surface area (Å²) in [5.74, 6) is -0.448. The zero-order valence-electron chi connectivity index (χ0n) is 14.3. The van der Waals surface area contributed by atoms with Gasteiger partial charge >= 0.3 is 6.03 Å². The molecule has 138 valence electrons. The molecule has 26 heavy (non-hydrogen) atoms. The number of aromatic nitrogens is 1. The van der Waals surface area contributed by atoms with E-state index in [1.54, 1.807) is 24.3 Å². The lowest BCUT2D eigenvalue weighted by Gasteiger charge is -2.29. The fourth-order valence-corrected chi connectivity index (χ4v) is 2.74. The molecule has 0 unspecified atom stereocenters. The van der Waals surface area contributed by atoms with Gasteiger partial charge in [-0.2, -0.15) is 0 Å². The fraction of sp³-hybridized carbons (Fsp3) is 0.333. The maximum atomic E-state index is 13.8. The summed E-state index contributed by atoms with van der Waals surface area (Å²) in [5.41, 5.74) is 0.299. The van der Waals surface area contributed by atoms with Crippen LogP contribution in [0, 0.1) is 5.82 Å². The van der Waals surface area contributed by atoms with Gasteiger partial charge in [0, 0.05) is 12.7 Å². The van der Waals surface area contributed by atoms with Gasteiger partial charge in [0.2, 0.25) is 5.88 Å². The van der Waals surface area contributed by atoms with Crippen LogP contribution in [0.4, 0.5) is 14.9 Å². The summed E-state index contributed by atoms with van der Waals surface area (Å²) in [6.07, 6.45) is 0.751. The Morgan fingerprint density at radius 1 is 1.38 bits per heavy atom. The smallest absolute Gasteiger partial charge is 0.322 e. The van der Waals surface area contributed by atoms with Gasteiger partial charge in [-0.15, -0.1) is 0 Å². The normalized spacial score (nSPS) is 19.2. The number of hydrogen-bond acceptors (Lipinski definition) is 5. The standard InChI is InChI=1S/C18H20FN3O4/c1-2-22(14-10-25-11-15(14)23)18(24)21-13-7-5-9-20-17(13)26-16-8-4-3-6-12(16)19/h3-9,14-15,23H,2,10-11H2,1H3,(H,21,24)/t14-,15-/m1/s1. The Kier molecular flexibility index (Phi) is 5.65. The number of anilines is 1. The van der Waals surface area contributed by atoms with Gasteiger partial charge < -0.3 is 24.8 Å². The monoisotopic (exact) mass is 361 g/mol. The number of hydrogen-bond donors (Lipinski definition) is 2. The van der Waals surface area contributed by atoms with Crippen molar-refractivity contribution in [2.75, 3.05) is 25.1 Å². The molecule has 2 atom stereocenters. The number of para-hydroxylation sites is 1. The van der Waals surface area contributed by atoms with Crippen LogP contribution < -0.4 is 10.1 Å². The first-order chi connectivity index (χ1) is 12.6. The number of halogens is 1. The number of aliphatic hydroxyl groups excluding tert-OH is 1. The minimum atomic E-state index is -0.733. The van der Waals surface area contributed by atoms with Gasteiger partial charge in [0.1, 0.15) is 5.69 Å². The van der Waals surface area contributed by atoms with Gasteiger partial charge in [-0.05, 0) is 31.2 Å². The Morgan fingerprint density at radius 3 is 2.88 bits per heavy atom. The van der Waals surface area contributed by atoms with E-state index in [0.29, 0.717) is 12.2 Å². The van der Waals surface area contributed by atoms with Gasteiger partial charge in [-0.25, -0.2) is 14.2 Å². The third-order valence-corrected chi connectivity index (χ3v) is 4.08. The van der Waals surface area contributed by atoms with E-state index in [1.807, 2.05) is 6.92 Å². The largest absolute Gasteiger partial charge is 0.434 e. The molecule has 0 aliphatic carbocycles. The number of likely N-dealkylation sites (N-methyl/N-ethyl adjacent to an activating group) is 1. The minimum Gasteiger partial charge on any atom is -0.434 e. The average molecular weight is 361 g/mol. The van der Waals surface area contributed by atoms with E-state index >= 15 is 0 Å². The molecule has 1 aromatic heterocycles. The van der Waals surface area contributed by atoms with Crippen molar-refractivity contribution in [1.82, 2.24) is 9.88 Å². The summed E-state index contributed by atoms with van der Waals surface area (Å²) in [6.45, 7) is 2.67. The minimum absolute atomic E-state index is 0.00802. The number of carbonyl (C=O) groups excluding carboxylic acids is 1. The topological polar surface area (TPSA) is 83.9 Å². The summed E-state index contributed by atoms with van der Waals surface area (Å²) < 4.78 is 24.5. The second kappa shape index (κ2) is 8.11. The number of nitrogens with zero attached hydrogens (tertiary/aromatic N) is 2. The van der Waals surface area contributed by atoms with Gasteiger partial charge in [0.15, 0.2) is 11.6 Å². The molecule has 0 saturated carbocycles. The number of pyridine rings is 1. The highest BCUT2D eigenvalue weighted by Gasteiger charge is 2.34. The Balaban J connectivity index is 1.77. The van der Waals surface area contributed by atoms with Gasteiger partial charge in [0.25, 0.3) is 0 Å². The summed E-state index contributed by atoms with van der Waals surface area (Å²) in [4.78, 5) is 18.2. The second-order valence-corrected chi connectivity index (χ2v) is 5.78. The number of carbonyl (C=O) groups is 1. The molecular formula is C18H20FN3O4. The Morgan fingerprint density at radius 2 is 2.19 bits per heavy atom. The van der Waals surface area contributed by atoms with E-state index in [0.717, 1.165) is 0 Å². The van der Waals surface area contributed by atoms with E-state index in [9.17, 15) is 14.3 Å². The maximum Gasteiger partial charge on any atom is 0.322 e. The summed E-state index contributed by atoms with van der Waals surface area (Å²) in [7, 11) is 0. The molecule has 2 amide bonds. The van der Waals surface area contributed by atoms with Crippen LogP contribution in [0.25, 0.3) is 0 Å². The molecular weight excluding hydrogens is 341 g/mol. The third kappa shape index (κ3) is 3.92. The first-order valence-electron chi connectivity index (χ1n) is 8.31. The van der Waals surface area contributed by atoms with Crippen LogP contribution in [0.15, 0.2) is 42.6 Å². The number of nitrogens with one attached hydrogen (secondary N) is 1. The molecule has 0 spiro atoms. The summed E-state index contributed by atoms with van der Waals surface area (Å²) >= 11 is 0. The molecule has 1 fully saturated rings. The van der Waals surface area contributed by atoms with Gasteiger partial charge in [-0.1, -0.05) is 12.1 Å². The number of rotatable bonds is 5. The van der Waals surface area contributed by atoms with Crippen molar-refractivity contribution in [3.8, 4) is 11.6 Å². The highest BCUT2D eigenvalue weighted by molar-refractivity contribution is 5.90. The van der Waals surface area contributed by atoms with Crippen molar-refractivity contribution in [2.24, 2.45) is 0 Å². The van der Waals surface area contributed by atoms with Crippen molar-refractivity contribution in [2.45, 2.75) is 19.1 Å². The van der Waals surface area contributed by atoms with Crippen LogP contribution in [0.5, 0.6) is 11.6 Å². The van der Waals surface area contributed by atoms with Crippen molar-refractivity contribution < 1.29 is 23.8 Å². The maximum absolute atomic E-state index is 13.8. The molecule has 2 heterocycles. The lowest BCUT2D eigenvalue weighted by Crippen LogP contribution is -2.48. The number of amides is 2. The van der Waals surface area contributed by atoms with Crippen LogP contribution in [0.3, 0.4) is 0 Å². The molecule has 0 radical (unpaired) electrons. The van der Waals surface area contributed by atoms with E-state index in [2.05, 4.69) is 10.3 Å². The highest BCUT2D eigenvalue weighted by atomic mass is 19.1. The van der Waals surface area contributed by atoms with Crippen molar-refractivity contribution in [3.63, 3.8) is 0 Å². The fourth-order valence-electron chi connectivity index (χ4n) is 2.74. The van der Waals surface area contributed by atoms with E-state index in [4.69, 9.17) is 9.47 Å². The van der Waals surface area contributed by atoms with Crippen molar-refractivity contribution in [1.29, 1.82) is 0 Å². The molecule has 0 bridgehead atoms. The van der Waals surface area contributed by atoms with Crippen LogP contribution in [-0.2, 0) is 4.74 Å². The van der Waals surface area contributed by atoms with Crippen LogP contribution in [0.1, 0.15) is 6.92 Å². The summed E-state index contributed by atoms with van der Waals surface area (Å²) in [5, 5.41) is 12.7. The Hall–Kier alpha value is -2.71. The first kappa shape index (κ1) is 18.1. The molecule has 1 saturated heterocycles. The zero-order chi connectivity index (χ0) is 18.5. The SMILES string of the molecule is CCN(C(=O)Nc1cccnc1Oc1ccccc1F)[C@@H]1COC[C@H]1O. The third-order valence-electron chi connectivity index (χ3n) is 4.08. The molecule has 2 aromatic rings. The predicted octanol–water partition coefficient (Wildman–Crippen LogP) is 2.63. The van der Waals surface area contributed by atoms with E-state index in [-0.39, 0.29) is 24.8 Å². The quantitative estimate of drug-likeness (QED) is 0.855. The molecule has 1 aromatic carbocycles. The van der Waals surface area contributed by atoms with Crippen molar-refractivity contribution >= 4 is 11.7 Å². The number of aliphatic hydroxyl groups is 1. The van der Waals surface area contributed by atoms with Gasteiger partial charge in [-0.3, -0.25) is 0 Å². The molecule has 1 aliphatic rings. The number of ether oxygens (including phenoxy) is 2. The van der Waals surface area contributed by atoms with Crippen LogP contribution in [0.2, 0.25) is 0 Å². The number of urea groups is 1. The van der Waals surface area contributed by atoms with Crippen molar-refractivity contribution in [3.05, 3.63) is 48.4 Å². The van der Waals surface area contributed by atoms with E-state index < -0.39 is 24.0 Å². The Bertz CT molecular complexity index is 774. The average Bonchev–Trinajstić information content (AvgIpc) is 3.05. The molecule has 3 rings (SSSR count). The lowest BCUT2D eigenvalue weighted by molar-refractivity contribution is 0.1000. The number of benzene rings is 1. The predicted molar refractivity (Wildman–Crippen MR) is 92.7 cm³/mol. The summed E-state index contributed by atoms with van der Waals surface area (Å²) in [6, 6.07) is 8.33. The molecule has 8 heteroatoms. The zero-order valence-corrected chi connectivity index (χ0v) is 14.3. The molecule has 7 nitrogen and oxygen atoms in total. The Labute approximate surface area is 150 Å². The van der Waals surface area contributed by atoms with E-state index in [1.165, 1.54) is 23.2 Å². The van der Waals surface area contributed by atoms with Gasteiger partial charge in [0.05, 0.1) is 25.4 Å².